The number of nitrogens with one attached hydrogen (secondary N) is 5. The van der Waals surface area contributed by atoms with E-state index in [4.69, 9.17) is 27.4 Å². The molecule has 1 aromatic carbocycles. The minimum Gasteiger partial charge on any atom is -0.481 e. The van der Waals surface area contributed by atoms with Crippen LogP contribution in [0.1, 0.15) is 50.5 Å². The normalized spacial score (nSPS) is 14.2. The van der Waals surface area contributed by atoms with E-state index < -0.39 is 122 Å². The first kappa shape index (κ1) is 44.4. The lowest BCUT2D eigenvalue weighted by Gasteiger charge is -2.26. The highest BCUT2D eigenvalue weighted by atomic mass is 16.4. The second-order valence-corrected chi connectivity index (χ2v) is 11.6. The van der Waals surface area contributed by atoms with E-state index >= 15 is 0 Å². The first-order valence-corrected chi connectivity index (χ1v) is 16.1. The van der Waals surface area contributed by atoms with E-state index in [0.29, 0.717) is 18.4 Å². The molecule has 52 heavy (non-hydrogen) atoms. The van der Waals surface area contributed by atoms with Crippen LogP contribution in [0.25, 0.3) is 0 Å². The Morgan fingerprint density at radius 1 is 0.615 bits per heavy atom. The molecule has 0 bridgehead atoms. The number of hydrogen-bond acceptors (Lipinski definition) is 12. The zero-order valence-electron chi connectivity index (χ0n) is 28.1. The van der Waals surface area contributed by atoms with Gasteiger partial charge in [0.25, 0.3) is 0 Å². The number of carboxylic acids is 3. The number of aliphatic hydroxyl groups excluding tert-OH is 1. The summed E-state index contributed by atoms with van der Waals surface area (Å²) in [5, 5.41) is 48.7. The van der Waals surface area contributed by atoms with Crippen molar-refractivity contribution in [2.24, 2.45) is 17.2 Å². The number of amides is 6. The molecule has 1 rings (SSSR count). The summed E-state index contributed by atoms with van der Waals surface area (Å²) in [6.45, 7) is -0.817. The maximum Gasteiger partial charge on any atom is 0.326 e. The number of unbranched alkanes of at least 4 members (excludes halogenated alkanes) is 1. The third-order valence-corrected chi connectivity index (χ3v) is 7.34. The number of carbonyl (C=O) groups is 9. The molecule has 0 heterocycles. The number of rotatable bonds is 25. The minimum atomic E-state index is -1.85. The van der Waals surface area contributed by atoms with Crippen LogP contribution in [0, 0.1) is 0 Å². The maximum atomic E-state index is 13.2. The van der Waals surface area contributed by atoms with Gasteiger partial charge in [-0.1, -0.05) is 30.3 Å². The van der Waals surface area contributed by atoms with Gasteiger partial charge in [0.15, 0.2) is 0 Å². The molecule has 15 N–H and O–H groups in total. The van der Waals surface area contributed by atoms with Crippen LogP contribution in [0.2, 0.25) is 0 Å². The molecule has 0 saturated heterocycles. The Hall–Kier alpha value is -5.67. The molecule has 0 aromatic heterocycles. The van der Waals surface area contributed by atoms with Gasteiger partial charge < -0.3 is 64.2 Å². The van der Waals surface area contributed by atoms with Crippen molar-refractivity contribution in [3.05, 3.63) is 35.9 Å². The van der Waals surface area contributed by atoms with Gasteiger partial charge in [-0.2, -0.15) is 0 Å². The van der Waals surface area contributed by atoms with Gasteiger partial charge >= 0.3 is 17.9 Å². The van der Waals surface area contributed by atoms with Crippen molar-refractivity contribution in [2.45, 2.75) is 87.6 Å². The van der Waals surface area contributed by atoms with Gasteiger partial charge in [0, 0.05) is 12.8 Å². The number of carbonyl (C=O) groups excluding carboxylic acids is 6. The lowest BCUT2D eigenvalue weighted by Crippen LogP contribution is -2.60. The second-order valence-electron chi connectivity index (χ2n) is 11.6. The summed E-state index contributed by atoms with van der Waals surface area (Å²) in [6, 6.07) is -1.27. The molecule has 0 aliphatic rings. The largest absolute Gasteiger partial charge is 0.481 e. The number of aliphatic carboxylic acids is 3. The zero-order valence-corrected chi connectivity index (χ0v) is 28.1. The van der Waals surface area contributed by atoms with Gasteiger partial charge in [-0.25, -0.2) is 4.79 Å². The fourth-order valence-corrected chi connectivity index (χ4v) is 4.60. The summed E-state index contributed by atoms with van der Waals surface area (Å²) < 4.78 is 0. The van der Waals surface area contributed by atoms with Crippen LogP contribution in [0.5, 0.6) is 0 Å². The van der Waals surface area contributed by atoms with Crippen molar-refractivity contribution >= 4 is 53.4 Å². The van der Waals surface area contributed by atoms with Crippen LogP contribution in [-0.2, 0) is 49.6 Å². The van der Waals surface area contributed by atoms with Crippen LogP contribution < -0.4 is 43.8 Å². The van der Waals surface area contributed by atoms with Gasteiger partial charge in [0.1, 0.15) is 30.2 Å². The van der Waals surface area contributed by atoms with Crippen LogP contribution in [0.15, 0.2) is 30.3 Å². The predicted molar refractivity (Wildman–Crippen MR) is 178 cm³/mol. The summed E-state index contributed by atoms with van der Waals surface area (Å²) >= 11 is 0. The summed E-state index contributed by atoms with van der Waals surface area (Å²) in [5.74, 6) is -10.9. The van der Waals surface area contributed by atoms with Crippen LogP contribution >= 0.6 is 0 Å². The summed E-state index contributed by atoms with van der Waals surface area (Å²) in [7, 11) is 0. The molecule has 1 aromatic rings. The first-order valence-electron chi connectivity index (χ1n) is 16.1. The second kappa shape index (κ2) is 22.9. The minimum absolute atomic E-state index is 0.0154. The third kappa shape index (κ3) is 16.8. The van der Waals surface area contributed by atoms with E-state index in [0.717, 1.165) is 0 Å². The number of hydrogen-bond donors (Lipinski definition) is 12. The average Bonchev–Trinajstić information content (AvgIpc) is 3.07. The Balaban J connectivity index is 3.15. The zero-order chi connectivity index (χ0) is 39.4. The van der Waals surface area contributed by atoms with E-state index in [2.05, 4.69) is 26.6 Å². The van der Waals surface area contributed by atoms with Crippen LogP contribution in [0.4, 0.5) is 0 Å². The number of nitrogens with two attached hydrogens (primary N) is 3. The van der Waals surface area contributed by atoms with Crippen molar-refractivity contribution in [2.75, 3.05) is 13.2 Å². The quantitative estimate of drug-likeness (QED) is 0.0420. The van der Waals surface area contributed by atoms with Gasteiger partial charge in [-0.05, 0) is 37.8 Å². The van der Waals surface area contributed by atoms with Gasteiger partial charge in [0.2, 0.25) is 35.4 Å². The van der Waals surface area contributed by atoms with E-state index in [1.165, 1.54) is 0 Å². The topological polar surface area (TPSA) is 373 Å². The molecule has 288 valence electrons. The predicted octanol–water partition coefficient (Wildman–Crippen LogP) is -4.60. The molecular formula is C31H46N8O13. The molecule has 21 nitrogen and oxygen atoms in total. The summed E-state index contributed by atoms with van der Waals surface area (Å²) in [4.78, 5) is 111. The van der Waals surface area contributed by atoms with Crippen molar-refractivity contribution in [3.63, 3.8) is 0 Å². The van der Waals surface area contributed by atoms with E-state index in [1.54, 1.807) is 30.3 Å². The number of aliphatic hydroxyl groups is 1. The molecule has 0 aliphatic carbocycles. The number of primary amides is 1. The average molecular weight is 739 g/mol. The van der Waals surface area contributed by atoms with Crippen molar-refractivity contribution in [3.8, 4) is 0 Å². The molecule has 0 aliphatic heterocycles. The fraction of sp³-hybridized carbons (Fsp3) is 0.516. The molecule has 0 unspecified atom stereocenters. The molecule has 0 radical (unpaired) electrons. The molecule has 21 heteroatoms. The fourth-order valence-electron chi connectivity index (χ4n) is 4.60. The Labute approximate surface area is 297 Å². The molecule has 0 fully saturated rings. The SMILES string of the molecule is NCCCC[C@H](NC(=O)[C@H](CO)NC(=O)[C@H](CC(N)=O)NC(=O)[C@H](CCC(=O)O)NC(=O)[C@@H](N)CC(=O)O)C(=O)N[C@@H](Cc1ccccc1)C(=O)O. The highest BCUT2D eigenvalue weighted by Crippen LogP contribution is 2.08. The summed E-state index contributed by atoms with van der Waals surface area (Å²) in [6.07, 6.45) is -2.29. The highest BCUT2D eigenvalue weighted by molar-refractivity contribution is 5.98. The molecule has 6 amide bonds. The molecule has 0 spiro atoms. The standard InChI is InChI=1S/C31H46N8O13/c32-11-5-4-8-18(27(47)38-21(31(51)52)12-16-6-2-1-3-7-16)36-30(50)22(15-40)39-29(49)20(14-23(34)41)37-28(48)19(9-10-24(42)43)35-26(46)17(33)13-25(44)45/h1-3,6-7,17-22,40H,4-5,8-15,32-33H2,(H2,34,41)(H,35,46)(H,36,50)(H,37,48)(H,38,47)(H,39,49)(H,42,43)(H,44,45)(H,51,52)/t17-,18-,19-,20-,21-,22-/m0/s1. The molecule has 6 atom stereocenters. The van der Waals surface area contributed by atoms with Crippen molar-refractivity contribution in [1.29, 1.82) is 0 Å². The van der Waals surface area contributed by atoms with Crippen molar-refractivity contribution in [1.82, 2.24) is 26.6 Å². The van der Waals surface area contributed by atoms with Crippen LogP contribution in [0.3, 0.4) is 0 Å². The van der Waals surface area contributed by atoms with Gasteiger partial charge in [-0.15, -0.1) is 0 Å². The van der Waals surface area contributed by atoms with Gasteiger partial charge in [-0.3, -0.25) is 38.4 Å². The molecule has 0 saturated carbocycles. The Morgan fingerprint density at radius 3 is 1.63 bits per heavy atom. The van der Waals surface area contributed by atoms with E-state index in [9.17, 15) is 53.4 Å². The Bertz CT molecular complexity index is 1430. The maximum absolute atomic E-state index is 13.2. The lowest BCUT2D eigenvalue weighted by molar-refractivity contribution is -0.142. The highest BCUT2D eigenvalue weighted by Gasteiger charge is 2.33. The third-order valence-electron chi connectivity index (χ3n) is 7.34. The molecular weight excluding hydrogens is 692 g/mol. The summed E-state index contributed by atoms with van der Waals surface area (Å²) in [5.41, 5.74) is 16.9. The first-order chi connectivity index (χ1) is 24.5. The smallest absolute Gasteiger partial charge is 0.326 e. The number of benzene rings is 1. The Kier molecular flexibility index (Phi) is 19.6. The Morgan fingerprint density at radius 2 is 1.12 bits per heavy atom. The van der Waals surface area contributed by atoms with Crippen molar-refractivity contribution < 1.29 is 63.6 Å². The lowest BCUT2D eigenvalue weighted by atomic mass is 10.0. The van der Waals surface area contributed by atoms with Gasteiger partial charge in [0.05, 0.1) is 25.5 Å². The monoisotopic (exact) mass is 738 g/mol. The number of carboxylic acid groups (broad SMARTS) is 3. The van der Waals surface area contributed by atoms with E-state index in [-0.39, 0.29) is 19.4 Å². The van der Waals surface area contributed by atoms with Crippen LogP contribution in [-0.4, -0.2) is 123 Å². The van der Waals surface area contributed by atoms with E-state index in [1.807, 2.05) is 0 Å².